The number of aromatic nitrogens is 1. The van der Waals surface area contributed by atoms with Gasteiger partial charge in [0.25, 0.3) is 5.91 Å². The quantitative estimate of drug-likeness (QED) is 0.335. The van der Waals surface area contributed by atoms with Gasteiger partial charge in [-0.3, -0.25) is 10.2 Å². The summed E-state index contributed by atoms with van der Waals surface area (Å²) >= 11 is 7.44. The molecular formula is C25H28ClN5OS. The van der Waals surface area contributed by atoms with Crippen LogP contribution in [0.25, 0.3) is 11.8 Å². The highest BCUT2D eigenvalue weighted by molar-refractivity contribution is 8.26. The normalized spacial score (nSPS) is 17.0. The molecular weight excluding hydrogens is 454 g/mol. The molecule has 3 heterocycles. The molecule has 0 atom stereocenters. The van der Waals surface area contributed by atoms with Crippen molar-refractivity contribution < 1.29 is 4.79 Å². The number of fused-ring (bicyclic) bond motifs is 1. The fraction of sp³-hybridized carbons (Fsp3) is 0.360. The Morgan fingerprint density at radius 3 is 2.58 bits per heavy atom. The number of nitrogens with zero attached hydrogens (tertiary/aromatic N) is 4. The monoisotopic (exact) mass is 481 g/mol. The smallest absolute Gasteiger partial charge is 0.283 e. The molecule has 2 aliphatic heterocycles. The van der Waals surface area contributed by atoms with Crippen molar-refractivity contribution >= 4 is 51.4 Å². The van der Waals surface area contributed by atoms with E-state index < -0.39 is 5.91 Å². The maximum absolute atomic E-state index is 12.8. The predicted octanol–water partition coefficient (Wildman–Crippen LogP) is 6.73. The van der Waals surface area contributed by atoms with Crippen molar-refractivity contribution in [1.82, 2.24) is 9.58 Å². The van der Waals surface area contributed by atoms with Crippen LogP contribution in [0.4, 0.5) is 0 Å². The summed E-state index contributed by atoms with van der Waals surface area (Å²) in [7, 11) is 0. The first-order chi connectivity index (χ1) is 15.9. The molecule has 0 saturated heterocycles. The van der Waals surface area contributed by atoms with Crippen LogP contribution in [-0.2, 0) is 4.79 Å². The molecule has 0 spiro atoms. The zero-order valence-electron chi connectivity index (χ0n) is 19.2. The number of unbranched alkanes of at least 4 members (excludes halogenated alkanes) is 4. The molecule has 1 aromatic heterocycles. The standard InChI is InChI=1S/C25H28ClN5OS/c1-4-5-6-7-8-9-22-29-31-23(27)21(24(32)28-25(31)33-22)15-18-14-16(2)30(17(18)3)20-12-10-19(26)11-13-20/h10-15,27H,4-9H2,1-3H3. The van der Waals surface area contributed by atoms with Crippen LogP contribution < -0.4 is 0 Å². The number of aliphatic imine (C=N–C) groups is 1. The molecule has 0 aliphatic carbocycles. The minimum absolute atomic E-state index is 0.0785. The third-order valence-electron chi connectivity index (χ3n) is 5.85. The van der Waals surface area contributed by atoms with Crippen molar-refractivity contribution in [3.05, 3.63) is 57.9 Å². The van der Waals surface area contributed by atoms with Gasteiger partial charge in [-0.2, -0.15) is 15.1 Å². The van der Waals surface area contributed by atoms with Crippen LogP contribution in [0.3, 0.4) is 0 Å². The predicted molar refractivity (Wildman–Crippen MR) is 139 cm³/mol. The average Bonchev–Trinajstić information content (AvgIpc) is 3.31. The Balaban J connectivity index is 1.55. The molecule has 0 fully saturated rings. The second kappa shape index (κ2) is 10.1. The number of carbonyl (C=O) groups is 1. The third kappa shape index (κ3) is 4.99. The van der Waals surface area contributed by atoms with Crippen molar-refractivity contribution in [3.63, 3.8) is 0 Å². The Bertz CT molecular complexity index is 1180. The van der Waals surface area contributed by atoms with Gasteiger partial charge in [-0.15, -0.1) is 0 Å². The molecule has 2 aromatic rings. The van der Waals surface area contributed by atoms with E-state index in [4.69, 9.17) is 17.0 Å². The van der Waals surface area contributed by atoms with Gasteiger partial charge >= 0.3 is 0 Å². The molecule has 33 heavy (non-hydrogen) atoms. The van der Waals surface area contributed by atoms with Crippen LogP contribution in [0.5, 0.6) is 0 Å². The molecule has 172 valence electrons. The first-order valence-electron chi connectivity index (χ1n) is 11.3. The number of nitrogens with one attached hydrogen (secondary N) is 1. The van der Waals surface area contributed by atoms with Crippen molar-refractivity contribution in [1.29, 1.82) is 5.41 Å². The van der Waals surface area contributed by atoms with Crippen LogP contribution in [0.15, 0.2) is 46.0 Å². The first kappa shape index (κ1) is 23.5. The summed E-state index contributed by atoms with van der Waals surface area (Å²) < 4.78 is 2.11. The van der Waals surface area contributed by atoms with E-state index in [1.165, 1.54) is 42.5 Å². The number of benzene rings is 1. The van der Waals surface area contributed by atoms with Crippen molar-refractivity contribution in [2.45, 2.75) is 59.3 Å². The number of carbonyl (C=O) groups excluding carboxylic acids is 1. The summed E-state index contributed by atoms with van der Waals surface area (Å²) in [5, 5.41) is 16.8. The van der Waals surface area contributed by atoms with Gasteiger partial charge in [0.15, 0.2) is 5.84 Å². The number of thioether (sulfide) groups is 1. The fourth-order valence-corrected chi connectivity index (χ4v) is 5.14. The Hall–Kier alpha value is -2.64. The zero-order valence-corrected chi connectivity index (χ0v) is 20.8. The second-order valence-electron chi connectivity index (χ2n) is 8.32. The highest BCUT2D eigenvalue weighted by Crippen LogP contribution is 2.31. The van der Waals surface area contributed by atoms with Gasteiger partial charge < -0.3 is 4.57 Å². The summed E-state index contributed by atoms with van der Waals surface area (Å²) in [5.41, 5.74) is 4.13. The van der Waals surface area contributed by atoms with Gasteiger partial charge in [-0.05, 0) is 80.4 Å². The van der Waals surface area contributed by atoms with Crippen LogP contribution in [0.2, 0.25) is 5.02 Å². The minimum atomic E-state index is -0.394. The summed E-state index contributed by atoms with van der Waals surface area (Å²) in [6, 6.07) is 9.65. The van der Waals surface area contributed by atoms with Gasteiger partial charge in [0.05, 0.1) is 5.57 Å². The lowest BCUT2D eigenvalue weighted by Gasteiger charge is -2.20. The second-order valence-corrected chi connectivity index (χ2v) is 9.79. The maximum atomic E-state index is 12.8. The van der Waals surface area contributed by atoms with E-state index in [2.05, 4.69) is 21.6 Å². The van der Waals surface area contributed by atoms with Crippen LogP contribution in [-0.4, -0.2) is 31.5 Å². The molecule has 0 unspecified atom stereocenters. The average molecular weight is 482 g/mol. The van der Waals surface area contributed by atoms with Gasteiger partial charge in [0.2, 0.25) is 5.17 Å². The van der Waals surface area contributed by atoms with Gasteiger partial charge in [0.1, 0.15) is 5.04 Å². The van der Waals surface area contributed by atoms with Crippen LogP contribution >= 0.6 is 23.4 Å². The Kier molecular flexibility index (Phi) is 7.20. The van der Waals surface area contributed by atoms with E-state index in [-0.39, 0.29) is 11.4 Å². The number of amides is 1. The molecule has 1 amide bonds. The van der Waals surface area contributed by atoms with Crippen molar-refractivity contribution in [3.8, 4) is 5.69 Å². The van der Waals surface area contributed by atoms with Crippen LogP contribution in [0.1, 0.15) is 62.4 Å². The lowest BCUT2D eigenvalue weighted by Crippen LogP contribution is -2.35. The van der Waals surface area contributed by atoms with E-state index in [9.17, 15) is 4.79 Å². The lowest BCUT2D eigenvalue weighted by atomic mass is 10.1. The van der Waals surface area contributed by atoms with E-state index >= 15 is 0 Å². The largest absolute Gasteiger partial charge is 0.318 e. The van der Waals surface area contributed by atoms with Crippen molar-refractivity contribution in [2.75, 3.05) is 0 Å². The van der Waals surface area contributed by atoms with E-state index in [0.29, 0.717) is 10.2 Å². The first-order valence-corrected chi connectivity index (χ1v) is 12.5. The number of rotatable bonds is 8. The third-order valence-corrected chi connectivity index (χ3v) is 7.07. The molecule has 8 heteroatoms. The summed E-state index contributed by atoms with van der Waals surface area (Å²) in [4.78, 5) is 17.0. The molecule has 0 radical (unpaired) electrons. The maximum Gasteiger partial charge on any atom is 0.283 e. The fourth-order valence-electron chi connectivity index (χ4n) is 4.09. The topological polar surface area (TPSA) is 73.8 Å². The number of aryl methyl sites for hydroxylation is 1. The molecule has 2 aliphatic rings. The summed E-state index contributed by atoms with van der Waals surface area (Å²) in [6.45, 7) is 6.22. The molecule has 0 saturated carbocycles. The SMILES string of the molecule is CCCCCCCC1=NN2C(=N)C(=Cc3cc(C)n(-c4ccc(Cl)cc4)c3C)C(=O)N=C2S1. The number of hydrogen-bond donors (Lipinski definition) is 1. The minimum Gasteiger partial charge on any atom is -0.318 e. The molecule has 1 N–H and O–H groups in total. The molecule has 1 aromatic carbocycles. The number of hydrazone groups is 1. The molecule has 4 rings (SSSR count). The zero-order chi connectivity index (χ0) is 23.5. The molecule has 0 bridgehead atoms. The highest BCUT2D eigenvalue weighted by atomic mass is 35.5. The molecule has 6 nitrogen and oxygen atoms in total. The summed E-state index contributed by atoms with van der Waals surface area (Å²) in [6.07, 6.45) is 8.55. The number of amidine groups is 2. The highest BCUT2D eigenvalue weighted by Gasteiger charge is 2.35. The van der Waals surface area contributed by atoms with E-state index in [0.717, 1.165) is 40.5 Å². The van der Waals surface area contributed by atoms with Gasteiger partial charge in [0, 0.05) is 22.1 Å². The van der Waals surface area contributed by atoms with E-state index in [1.54, 1.807) is 6.08 Å². The Morgan fingerprint density at radius 2 is 1.85 bits per heavy atom. The summed E-state index contributed by atoms with van der Waals surface area (Å²) in [5.74, 6) is -0.316. The van der Waals surface area contributed by atoms with E-state index in [1.807, 2.05) is 44.2 Å². The van der Waals surface area contributed by atoms with Crippen LogP contribution in [0, 0.1) is 19.3 Å². The van der Waals surface area contributed by atoms with Gasteiger partial charge in [-0.25, -0.2) is 0 Å². The lowest BCUT2D eigenvalue weighted by molar-refractivity contribution is -0.114. The number of hydrogen-bond acceptors (Lipinski definition) is 4. The van der Waals surface area contributed by atoms with Gasteiger partial charge in [-0.1, -0.05) is 44.2 Å². The Morgan fingerprint density at radius 1 is 1.12 bits per heavy atom. The Labute approximate surface area is 203 Å². The number of halogens is 1. The van der Waals surface area contributed by atoms with Crippen molar-refractivity contribution in [2.24, 2.45) is 10.1 Å².